The van der Waals surface area contributed by atoms with E-state index in [0.29, 0.717) is 0 Å². The van der Waals surface area contributed by atoms with Crippen LogP contribution in [0.25, 0.3) is 0 Å². The van der Waals surface area contributed by atoms with Crippen molar-refractivity contribution in [2.45, 2.75) is 0 Å². The van der Waals surface area contributed by atoms with E-state index in [-0.39, 0.29) is 11.5 Å². The highest BCUT2D eigenvalue weighted by atomic mass is 16.3. The van der Waals surface area contributed by atoms with Crippen LogP contribution in [0.2, 0.25) is 0 Å². The summed E-state index contributed by atoms with van der Waals surface area (Å²) in [6.07, 6.45) is 0. The lowest BCUT2D eigenvalue weighted by molar-refractivity contribution is -0.274. The molecule has 0 aromatic heterocycles. The maximum absolute atomic E-state index is 10.3. The van der Waals surface area contributed by atoms with Gasteiger partial charge in [0.25, 0.3) is 0 Å². The van der Waals surface area contributed by atoms with Crippen molar-refractivity contribution in [1.82, 2.24) is 0 Å². The summed E-state index contributed by atoms with van der Waals surface area (Å²) in [4.78, 5) is 0. The second-order valence-electron chi connectivity index (χ2n) is 1.47. The second kappa shape index (κ2) is 1.74. The van der Waals surface area contributed by atoms with Gasteiger partial charge in [0.15, 0.2) is 0 Å². The third kappa shape index (κ3) is 0.904. The summed E-state index contributed by atoms with van der Waals surface area (Å²) < 4.78 is 0. The molecule has 8 heavy (non-hydrogen) atoms. The van der Waals surface area contributed by atoms with Gasteiger partial charge in [0.05, 0.1) is 0 Å². The van der Waals surface area contributed by atoms with Crippen LogP contribution in [-0.4, -0.2) is 0 Å². The number of hydrogen-bond acceptors (Lipinski definition) is 2. The maximum Gasteiger partial charge on any atom is -0.0708 e. The van der Waals surface area contributed by atoms with Crippen molar-refractivity contribution in [3.05, 3.63) is 24.3 Å². The minimum absolute atomic E-state index is 0.121. The highest BCUT2D eigenvalue weighted by Gasteiger charge is 1.70. The molecule has 0 N–H and O–H groups in total. The van der Waals surface area contributed by atoms with Crippen molar-refractivity contribution >= 4 is 0 Å². The summed E-state index contributed by atoms with van der Waals surface area (Å²) in [7, 11) is 0. The predicted molar refractivity (Wildman–Crippen MR) is 25.3 cm³/mol. The summed E-state index contributed by atoms with van der Waals surface area (Å²) in [5, 5.41) is 20.6. The van der Waals surface area contributed by atoms with E-state index in [1.54, 1.807) is 0 Å². The molecule has 0 bridgehead atoms. The van der Waals surface area contributed by atoms with Gasteiger partial charge in [-0.15, -0.1) is 11.5 Å². The zero-order valence-electron chi connectivity index (χ0n) is 4.13. The fourth-order valence-corrected chi connectivity index (χ4v) is 0.440. The summed E-state index contributed by atoms with van der Waals surface area (Å²) >= 11 is 0. The second-order valence-corrected chi connectivity index (χ2v) is 1.47. The molecule has 0 saturated heterocycles. The molecule has 1 aromatic carbocycles. The van der Waals surface area contributed by atoms with Crippen LogP contribution < -0.4 is 10.2 Å². The molecule has 1 aromatic rings. The number of hydrogen-bond donors (Lipinski definition) is 0. The Hall–Kier alpha value is -1.18. The third-order valence-electron chi connectivity index (χ3n) is 0.824. The van der Waals surface area contributed by atoms with E-state index in [0.717, 1.165) is 0 Å². The van der Waals surface area contributed by atoms with Crippen LogP contribution in [0.5, 0.6) is 11.5 Å². The Bertz CT molecular complexity index is 145. The Morgan fingerprint density at radius 2 is 1.00 bits per heavy atom. The summed E-state index contributed by atoms with van der Waals surface area (Å²) in [6.45, 7) is 0. The third-order valence-corrected chi connectivity index (χ3v) is 0.824. The number of benzene rings is 1. The molecule has 2 nitrogen and oxygen atoms in total. The van der Waals surface area contributed by atoms with Crippen molar-refractivity contribution < 1.29 is 10.2 Å². The Kier molecular flexibility index (Phi) is 1.08. The van der Waals surface area contributed by atoms with Gasteiger partial charge in [0.2, 0.25) is 0 Å². The van der Waals surface area contributed by atoms with E-state index in [9.17, 15) is 10.2 Å². The molecule has 0 atom stereocenters. The van der Waals surface area contributed by atoms with E-state index < -0.39 is 0 Å². The highest BCUT2D eigenvalue weighted by Crippen LogP contribution is 2.07. The van der Waals surface area contributed by atoms with Gasteiger partial charge in [-0.2, -0.15) is 0 Å². The molecule has 0 aliphatic carbocycles. The van der Waals surface area contributed by atoms with Crippen LogP contribution in [0, 0.1) is 0 Å². The topological polar surface area (TPSA) is 46.1 Å². The van der Waals surface area contributed by atoms with Gasteiger partial charge in [-0.3, -0.25) is 0 Å². The van der Waals surface area contributed by atoms with Gasteiger partial charge in [-0.05, 0) is 0 Å². The standard InChI is InChI=1S/C6H6O2/c7-5-1-2-6(8)4-3-5/h1-4,7-8H/p-2. The minimum Gasteiger partial charge on any atom is -0.872 e. The molecule has 2 heteroatoms. The van der Waals surface area contributed by atoms with Gasteiger partial charge in [-0.25, -0.2) is 0 Å². The van der Waals surface area contributed by atoms with Crippen LogP contribution in [0.4, 0.5) is 0 Å². The van der Waals surface area contributed by atoms with E-state index in [2.05, 4.69) is 0 Å². The van der Waals surface area contributed by atoms with Crippen LogP contribution in [0.15, 0.2) is 24.3 Å². The molecule has 0 heterocycles. The van der Waals surface area contributed by atoms with E-state index in [4.69, 9.17) is 0 Å². The fraction of sp³-hybridized carbons (Fsp3) is 0. The Morgan fingerprint density at radius 1 is 0.750 bits per heavy atom. The van der Waals surface area contributed by atoms with Crippen molar-refractivity contribution in [3.63, 3.8) is 0 Å². The molecule has 0 fully saturated rings. The largest absolute Gasteiger partial charge is 0.872 e. The van der Waals surface area contributed by atoms with Crippen LogP contribution in [-0.2, 0) is 0 Å². The Labute approximate surface area is 47.0 Å². The average molecular weight is 108 g/mol. The van der Waals surface area contributed by atoms with Gasteiger partial charge in [0, 0.05) is 0 Å². The molecule has 0 unspecified atom stereocenters. The first-order chi connectivity index (χ1) is 3.79. The fourth-order valence-electron chi connectivity index (χ4n) is 0.440. The lowest BCUT2D eigenvalue weighted by Gasteiger charge is -2.07. The summed E-state index contributed by atoms with van der Waals surface area (Å²) in [5.74, 6) is -0.241. The monoisotopic (exact) mass is 108 g/mol. The molecule has 1 rings (SSSR count). The maximum atomic E-state index is 10.3. The smallest absolute Gasteiger partial charge is 0.0708 e. The lowest BCUT2D eigenvalue weighted by atomic mass is 10.3. The molecule has 0 aliphatic heterocycles. The Balaban J connectivity index is 3.03. The van der Waals surface area contributed by atoms with Gasteiger partial charge < -0.3 is 10.2 Å². The molecule has 0 spiro atoms. The first kappa shape index (κ1) is 4.97. The first-order valence-electron chi connectivity index (χ1n) is 2.23. The number of rotatable bonds is 0. The van der Waals surface area contributed by atoms with Crippen molar-refractivity contribution in [2.24, 2.45) is 0 Å². The zero-order valence-corrected chi connectivity index (χ0v) is 4.13. The van der Waals surface area contributed by atoms with Crippen molar-refractivity contribution in [2.75, 3.05) is 0 Å². The van der Waals surface area contributed by atoms with E-state index >= 15 is 0 Å². The van der Waals surface area contributed by atoms with E-state index in [1.807, 2.05) is 0 Å². The molecule has 0 aliphatic rings. The molecular formula is C6H4O2-2. The summed E-state index contributed by atoms with van der Waals surface area (Å²) in [5.41, 5.74) is 0. The summed E-state index contributed by atoms with van der Waals surface area (Å²) in [6, 6.07) is 5.01. The van der Waals surface area contributed by atoms with Crippen LogP contribution >= 0.6 is 0 Å². The molecule has 0 saturated carbocycles. The van der Waals surface area contributed by atoms with Crippen molar-refractivity contribution in [3.8, 4) is 11.5 Å². The first-order valence-corrected chi connectivity index (χ1v) is 2.23. The van der Waals surface area contributed by atoms with Gasteiger partial charge >= 0.3 is 0 Å². The molecule has 42 valence electrons. The SMILES string of the molecule is [O-]c1ccc([O-])cc1. The normalized spacial score (nSPS) is 9.00. The van der Waals surface area contributed by atoms with Crippen LogP contribution in [0.3, 0.4) is 0 Å². The van der Waals surface area contributed by atoms with Crippen LogP contribution in [0.1, 0.15) is 0 Å². The molecule has 0 amide bonds. The van der Waals surface area contributed by atoms with Crippen molar-refractivity contribution in [1.29, 1.82) is 0 Å². The Morgan fingerprint density at radius 3 is 1.25 bits per heavy atom. The highest BCUT2D eigenvalue weighted by molar-refractivity contribution is 5.26. The quantitative estimate of drug-likeness (QED) is 0.463. The molecule has 0 radical (unpaired) electrons. The average Bonchev–Trinajstić information content (AvgIpc) is 1.77. The van der Waals surface area contributed by atoms with Gasteiger partial charge in [0.1, 0.15) is 0 Å². The minimum atomic E-state index is -0.121. The molecular weight excluding hydrogens is 104 g/mol. The zero-order chi connectivity index (χ0) is 5.98. The van der Waals surface area contributed by atoms with E-state index in [1.165, 1.54) is 24.3 Å². The van der Waals surface area contributed by atoms with Gasteiger partial charge in [-0.1, -0.05) is 24.3 Å². The lowest BCUT2D eigenvalue weighted by Crippen LogP contribution is -1.91. The predicted octanol–water partition coefficient (Wildman–Crippen LogP) is -0.166.